The minimum atomic E-state index is -1.48. The van der Waals surface area contributed by atoms with Crippen LogP contribution in [0.25, 0.3) is 0 Å². The number of carbonyl (C=O) groups is 1. The molecule has 154 valence electrons. The number of nitro groups is 1. The number of carboxylic acid groups (broad SMARTS) is 1. The van der Waals surface area contributed by atoms with Gasteiger partial charge in [-0.1, -0.05) is 60.7 Å². The Bertz CT molecular complexity index is 1000. The molecule has 0 atom stereocenters. The molecule has 0 spiro atoms. The number of hydrogen-bond acceptors (Lipinski definition) is 7. The molecule has 1 heterocycles. The molecule has 2 aromatic carbocycles. The summed E-state index contributed by atoms with van der Waals surface area (Å²) < 4.78 is 0. The lowest BCUT2D eigenvalue weighted by Gasteiger charge is -2.25. The van der Waals surface area contributed by atoms with E-state index in [4.69, 9.17) is 5.73 Å². The summed E-state index contributed by atoms with van der Waals surface area (Å²) in [6.45, 7) is 1.64. The van der Waals surface area contributed by atoms with Crippen molar-refractivity contribution < 1.29 is 14.8 Å². The van der Waals surface area contributed by atoms with E-state index >= 15 is 0 Å². The van der Waals surface area contributed by atoms with Crippen molar-refractivity contribution in [2.45, 2.75) is 13.0 Å². The highest BCUT2D eigenvalue weighted by Crippen LogP contribution is 2.37. The van der Waals surface area contributed by atoms with Gasteiger partial charge in [0.1, 0.15) is 17.6 Å². The van der Waals surface area contributed by atoms with Crippen molar-refractivity contribution in [2.24, 2.45) is 0 Å². The van der Waals surface area contributed by atoms with Crippen molar-refractivity contribution in [3.05, 3.63) is 88.0 Å². The van der Waals surface area contributed by atoms with Gasteiger partial charge in [0.05, 0.1) is 11.0 Å². The van der Waals surface area contributed by atoms with Gasteiger partial charge < -0.3 is 25.9 Å². The highest BCUT2D eigenvalue weighted by molar-refractivity contribution is 5.86. The van der Waals surface area contributed by atoms with E-state index in [-0.39, 0.29) is 23.9 Å². The smallest absolute Gasteiger partial charge is 0.334 e. The molecule has 3 aromatic rings. The Kier molecular flexibility index (Phi) is 6.11. The number of nitrogens with zero attached hydrogens (tertiary/aromatic N) is 3. The second-order valence-electron chi connectivity index (χ2n) is 6.43. The van der Waals surface area contributed by atoms with E-state index in [0.29, 0.717) is 0 Å². The second-order valence-corrected chi connectivity index (χ2v) is 6.43. The molecular formula is C21H20N5O4-. The first-order valence-corrected chi connectivity index (χ1v) is 9.22. The van der Waals surface area contributed by atoms with Gasteiger partial charge in [-0.3, -0.25) is 10.1 Å². The lowest BCUT2D eigenvalue weighted by Crippen LogP contribution is -2.41. The van der Waals surface area contributed by atoms with Crippen LogP contribution in [-0.2, 0) is 0 Å². The number of nitrogen functional groups attached to an aromatic ring is 1. The maximum absolute atomic E-state index is 11.7. The molecule has 30 heavy (non-hydrogen) atoms. The van der Waals surface area contributed by atoms with E-state index in [1.54, 1.807) is 6.92 Å². The zero-order chi connectivity index (χ0) is 21.7. The molecule has 1 amide bonds. The number of amides is 1. The largest absolute Gasteiger partial charge is 0.530 e. The first-order valence-electron chi connectivity index (χ1n) is 9.22. The number of aromatic nitrogens is 1. The summed E-state index contributed by atoms with van der Waals surface area (Å²) in [6, 6.07) is 19.6. The lowest BCUT2D eigenvalue weighted by molar-refractivity contribution is -0.383. The van der Waals surface area contributed by atoms with Gasteiger partial charge in [-0.25, -0.2) is 4.98 Å². The zero-order valence-electron chi connectivity index (χ0n) is 16.2. The second kappa shape index (κ2) is 8.91. The average molecular weight is 406 g/mol. The molecule has 3 N–H and O–H groups in total. The number of pyridine rings is 1. The summed E-state index contributed by atoms with van der Waals surface area (Å²) >= 11 is 0. The van der Waals surface area contributed by atoms with Crippen LogP contribution in [0.3, 0.4) is 0 Å². The fraction of sp³-hybridized carbons (Fsp3) is 0.143. The van der Waals surface area contributed by atoms with Gasteiger partial charge in [-0.15, -0.1) is 0 Å². The average Bonchev–Trinajstić information content (AvgIpc) is 2.73. The monoisotopic (exact) mass is 406 g/mol. The van der Waals surface area contributed by atoms with Crippen molar-refractivity contribution in [3.8, 4) is 0 Å². The van der Waals surface area contributed by atoms with Gasteiger partial charge in [-0.05, 0) is 18.1 Å². The van der Waals surface area contributed by atoms with Gasteiger partial charge >= 0.3 is 5.69 Å². The van der Waals surface area contributed by atoms with Crippen LogP contribution >= 0.6 is 0 Å². The van der Waals surface area contributed by atoms with Crippen molar-refractivity contribution in [1.82, 2.24) is 4.98 Å². The Morgan fingerprint density at radius 2 is 1.67 bits per heavy atom. The number of nitrogens with one attached hydrogen (secondary N) is 1. The SMILES string of the molecule is CCN(C(=O)[O-])c1cc(NC(c2ccccc2)c2ccccc2)c([N+](=O)[O-])c(N)n1. The predicted molar refractivity (Wildman–Crippen MR) is 112 cm³/mol. The number of hydrogen-bond donors (Lipinski definition) is 2. The van der Waals surface area contributed by atoms with Crippen LogP contribution in [0.2, 0.25) is 0 Å². The summed E-state index contributed by atoms with van der Waals surface area (Å²) in [5.41, 5.74) is 7.19. The fourth-order valence-electron chi connectivity index (χ4n) is 3.17. The molecule has 0 saturated heterocycles. The number of benzene rings is 2. The number of anilines is 3. The molecule has 0 saturated carbocycles. The Morgan fingerprint density at radius 1 is 1.13 bits per heavy atom. The quantitative estimate of drug-likeness (QED) is 0.454. The van der Waals surface area contributed by atoms with Crippen LogP contribution in [0.15, 0.2) is 66.7 Å². The van der Waals surface area contributed by atoms with Gasteiger partial charge in [0.25, 0.3) is 0 Å². The topological polar surface area (TPSA) is 137 Å². The van der Waals surface area contributed by atoms with Gasteiger partial charge in [0.15, 0.2) is 0 Å². The molecule has 1 aromatic heterocycles. The zero-order valence-corrected chi connectivity index (χ0v) is 16.2. The summed E-state index contributed by atoms with van der Waals surface area (Å²) in [7, 11) is 0. The van der Waals surface area contributed by atoms with Crippen LogP contribution in [0.4, 0.5) is 27.8 Å². The highest BCUT2D eigenvalue weighted by Gasteiger charge is 2.26. The van der Waals surface area contributed by atoms with E-state index in [1.807, 2.05) is 60.7 Å². The third kappa shape index (κ3) is 4.30. The first-order chi connectivity index (χ1) is 14.4. The molecular weight excluding hydrogens is 386 g/mol. The number of carbonyl (C=O) groups excluding carboxylic acids is 1. The van der Waals surface area contributed by atoms with Crippen molar-refractivity contribution in [2.75, 3.05) is 22.5 Å². The predicted octanol–water partition coefficient (Wildman–Crippen LogP) is 2.94. The fourth-order valence-corrected chi connectivity index (χ4v) is 3.17. The van der Waals surface area contributed by atoms with Crippen molar-refractivity contribution in [1.29, 1.82) is 0 Å². The third-order valence-electron chi connectivity index (χ3n) is 4.57. The summed E-state index contributed by atoms with van der Waals surface area (Å²) in [6.07, 6.45) is -1.48. The maximum Gasteiger partial charge on any atom is 0.334 e. The molecule has 0 aliphatic rings. The van der Waals surface area contributed by atoms with Gasteiger partial charge in [0.2, 0.25) is 5.82 Å². The highest BCUT2D eigenvalue weighted by atomic mass is 16.6. The van der Waals surface area contributed by atoms with Crippen LogP contribution in [0.5, 0.6) is 0 Å². The Balaban J connectivity index is 2.15. The summed E-state index contributed by atoms with van der Waals surface area (Å²) in [4.78, 5) is 27.2. The van der Waals surface area contributed by atoms with Gasteiger partial charge in [0, 0.05) is 12.6 Å². The Labute approximate surface area is 172 Å². The van der Waals surface area contributed by atoms with Crippen LogP contribution < -0.4 is 21.1 Å². The van der Waals surface area contributed by atoms with Crippen LogP contribution in [0, 0.1) is 10.1 Å². The summed E-state index contributed by atoms with van der Waals surface area (Å²) in [5, 5.41) is 26.3. The summed E-state index contributed by atoms with van der Waals surface area (Å²) in [5.74, 6) is -0.442. The Hall–Kier alpha value is -4.14. The molecule has 0 unspecified atom stereocenters. The molecule has 9 nitrogen and oxygen atoms in total. The van der Waals surface area contributed by atoms with Crippen LogP contribution in [-0.4, -0.2) is 22.5 Å². The molecule has 3 rings (SSSR count). The van der Waals surface area contributed by atoms with E-state index in [1.165, 1.54) is 6.07 Å². The first kappa shape index (κ1) is 20.6. The van der Waals surface area contributed by atoms with E-state index < -0.39 is 22.7 Å². The Morgan fingerprint density at radius 3 is 2.10 bits per heavy atom. The van der Waals surface area contributed by atoms with Crippen molar-refractivity contribution in [3.63, 3.8) is 0 Å². The minimum absolute atomic E-state index is 0.0484. The van der Waals surface area contributed by atoms with Crippen LogP contribution in [0.1, 0.15) is 24.1 Å². The molecule has 0 bridgehead atoms. The third-order valence-corrected chi connectivity index (χ3v) is 4.57. The lowest BCUT2D eigenvalue weighted by atomic mass is 9.98. The number of rotatable bonds is 7. The molecule has 9 heteroatoms. The number of nitrogens with two attached hydrogens (primary N) is 1. The van der Waals surface area contributed by atoms with Gasteiger partial charge in [-0.2, -0.15) is 0 Å². The van der Waals surface area contributed by atoms with E-state index in [2.05, 4.69) is 10.3 Å². The van der Waals surface area contributed by atoms with E-state index in [0.717, 1.165) is 16.0 Å². The van der Waals surface area contributed by atoms with E-state index in [9.17, 15) is 20.0 Å². The standard InChI is InChI=1S/C21H21N5O4/c1-2-25(21(27)28)17-13-16(19(26(29)30)20(22)24-17)23-18(14-9-5-3-6-10-14)15-11-7-4-8-12-15/h3-13,18H,2H2,1H3,(H,27,28)(H3,22,23,24)/p-1. The molecule has 0 radical (unpaired) electrons. The molecule has 0 aliphatic heterocycles. The normalized spacial score (nSPS) is 10.6. The molecule has 0 fully saturated rings. The minimum Gasteiger partial charge on any atom is -0.530 e. The molecule has 0 aliphatic carbocycles. The van der Waals surface area contributed by atoms with Crippen molar-refractivity contribution >= 4 is 29.1 Å². The maximum atomic E-state index is 11.7.